The summed E-state index contributed by atoms with van der Waals surface area (Å²) < 4.78 is 0. The molecule has 8 heteroatoms. The Bertz CT molecular complexity index is 1660. The molecule has 2 saturated heterocycles. The largest absolute Gasteiger partial charge is 0.365 e. The third-order valence-electron chi connectivity index (χ3n) is 9.02. The van der Waals surface area contributed by atoms with Gasteiger partial charge in [0.1, 0.15) is 11.6 Å². The average molecular weight is 638 g/mol. The number of hydrogen-bond donors (Lipinski definition) is 1. The lowest BCUT2D eigenvalue weighted by Gasteiger charge is -2.39. The predicted molar refractivity (Wildman–Crippen MR) is 185 cm³/mol. The highest BCUT2D eigenvalue weighted by Crippen LogP contribution is 2.32. The Kier molecular flexibility index (Phi) is 9.28. The van der Waals surface area contributed by atoms with E-state index in [1.54, 1.807) is 0 Å². The molecule has 0 aliphatic carbocycles. The van der Waals surface area contributed by atoms with Gasteiger partial charge in [-0.25, -0.2) is 9.97 Å². The van der Waals surface area contributed by atoms with E-state index in [0.717, 1.165) is 91.4 Å². The summed E-state index contributed by atoms with van der Waals surface area (Å²) in [4.78, 5) is 17.7. The third kappa shape index (κ3) is 7.32. The van der Waals surface area contributed by atoms with Crippen LogP contribution in [0, 0.1) is 0 Å². The van der Waals surface area contributed by atoms with Crippen LogP contribution in [-0.4, -0.2) is 70.0 Å². The molecule has 6 nitrogen and oxygen atoms in total. The number of rotatable bonds is 9. The fraction of sp³-hybridized carbons (Fsp3) is 0.297. The van der Waals surface area contributed by atoms with E-state index in [0.29, 0.717) is 6.04 Å². The van der Waals surface area contributed by atoms with Crippen molar-refractivity contribution in [2.75, 3.05) is 44.6 Å². The van der Waals surface area contributed by atoms with Gasteiger partial charge in [0.2, 0.25) is 0 Å². The van der Waals surface area contributed by atoms with Crippen LogP contribution < -0.4 is 5.32 Å². The molecule has 7 rings (SSSR count). The summed E-state index contributed by atoms with van der Waals surface area (Å²) >= 11 is 12.5. The molecular weight excluding hydrogens is 599 g/mol. The molecule has 4 aromatic carbocycles. The minimum absolute atomic E-state index is 0.141. The second kappa shape index (κ2) is 13.9. The Hall–Kier alpha value is -3.52. The highest BCUT2D eigenvalue weighted by atomic mass is 35.5. The number of hydrogen-bond acceptors (Lipinski definition) is 6. The molecule has 0 bridgehead atoms. The first kappa shape index (κ1) is 30.2. The van der Waals surface area contributed by atoms with E-state index in [1.165, 1.54) is 16.7 Å². The normalized spacial score (nSPS) is 18.2. The van der Waals surface area contributed by atoms with E-state index in [2.05, 4.69) is 98.9 Å². The van der Waals surface area contributed by atoms with Gasteiger partial charge in [0.15, 0.2) is 0 Å². The van der Waals surface area contributed by atoms with Crippen LogP contribution in [0.3, 0.4) is 0 Å². The first-order chi connectivity index (χ1) is 22.1. The number of benzene rings is 4. The smallest absolute Gasteiger partial charge is 0.145 e. The Morgan fingerprint density at radius 3 is 2.00 bits per heavy atom. The van der Waals surface area contributed by atoms with Crippen LogP contribution in [0.2, 0.25) is 10.0 Å². The summed E-state index contributed by atoms with van der Waals surface area (Å²) in [6, 6.07) is 36.1. The summed E-state index contributed by atoms with van der Waals surface area (Å²) in [6.45, 7) is 7.55. The van der Waals surface area contributed by atoms with Crippen LogP contribution in [-0.2, 0) is 13.1 Å². The Balaban J connectivity index is 1.03. The molecule has 3 heterocycles. The van der Waals surface area contributed by atoms with Crippen LogP contribution in [0.4, 0.5) is 5.82 Å². The van der Waals surface area contributed by atoms with Crippen LogP contribution in [0.15, 0.2) is 103 Å². The van der Waals surface area contributed by atoms with Crippen molar-refractivity contribution in [1.82, 2.24) is 24.7 Å². The van der Waals surface area contributed by atoms with Crippen molar-refractivity contribution < 1.29 is 0 Å². The Morgan fingerprint density at radius 1 is 0.667 bits per heavy atom. The van der Waals surface area contributed by atoms with Gasteiger partial charge in [0.05, 0.1) is 18.1 Å². The minimum atomic E-state index is 0.141. The number of halogens is 2. The van der Waals surface area contributed by atoms with Crippen molar-refractivity contribution in [2.24, 2.45) is 0 Å². The second-order valence-electron chi connectivity index (χ2n) is 12.2. The number of likely N-dealkylation sites (tertiary alicyclic amines) is 1. The van der Waals surface area contributed by atoms with Gasteiger partial charge in [0.25, 0.3) is 0 Å². The quantitative estimate of drug-likeness (QED) is 0.180. The SMILES string of the molecule is Clc1ccc(C(c2ccc(Cl)cc2)N2CCN(Cc3nc(NC4CCN(Cc5ccccc5)C4)c4ccccc4n3)CC2)cc1. The number of aromatic nitrogens is 2. The zero-order valence-electron chi connectivity index (χ0n) is 25.3. The van der Waals surface area contributed by atoms with Crippen LogP contribution >= 0.6 is 23.2 Å². The van der Waals surface area contributed by atoms with E-state index in [-0.39, 0.29) is 6.04 Å². The number of piperazine rings is 1. The zero-order valence-corrected chi connectivity index (χ0v) is 26.8. The molecule has 1 unspecified atom stereocenters. The van der Waals surface area contributed by atoms with Crippen molar-refractivity contribution in [1.29, 1.82) is 0 Å². The molecule has 1 N–H and O–H groups in total. The summed E-state index contributed by atoms with van der Waals surface area (Å²) in [5, 5.41) is 6.39. The van der Waals surface area contributed by atoms with Gasteiger partial charge >= 0.3 is 0 Å². The maximum atomic E-state index is 6.24. The lowest BCUT2D eigenvalue weighted by atomic mass is 9.96. The van der Waals surface area contributed by atoms with E-state index in [1.807, 2.05) is 24.3 Å². The molecule has 2 fully saturated rings. The molecule has 5 aromatic rings. The molecule has 2 aliphatic rings. The summed E-state index contributed by atoms with van der Waals surface area (Å²) in [7, 11) is 0. The molecular formula is C37H38Cl2N6. The highest BCUT2D eigenvalue weighted by Gasteiger charge is 2.28. The summed E-state index contributed by atoms with van der Waals surface area (Å²) in [6.07, 6.45) is 1.10. The van der Waals surface area contributed by atoms with Crippen molar-refractivity contribution in [3.05, 3.63) is 136 Å². The lowest BCUT2D eigenvalue weighted by molar-refractivity contribution is 0.103. The Morgan fingerprint density at radius 2 is 1.31 bits per heavy atom. The molecule has 1 atom stereocenters. The first-order valence-corrected chi connectivity index (χ1v) is 16.6. The molecule has 230 valence electrons. The molecule has 2 aliphatic heterocycles. The van der Waals surface area contributed by atoms with Crippen LogP contribution in [0.5, 0.6) is 0 Å². The van der Waals surface area contributed by atoms with E-state index in [4.69, 9.17) is 33.2 Å². The fourth-order valence-corrected chi connectivity index (χ4v) is 6.97. The van der Waals surface area contributed by atoms with Gasteiger partial charge in [-0.3, -0.25) is 14.7 Å². The van der Waals surface area contributed by atoms with E-state index >= 15 is 0 Å². The van der Waals surface area contributed by atoms with Gasteiger partial charge in [-0.2, -0.15) is 0 Å². The van der Waals surface area contributed by atoms with Crippen molar-refractivity contribution in [3.63, 3.8) is 0 Å². The average Bonchev–Trinajstić information content (AvgIpc) is 3.50. The minimum Gasteiger partial charge on any atom is -0.365 e. The fourth-order valence-electron chi connectivity index (χ4n) is 6.72. The summed E-state index contributed by atoms with van der Waals surface area (Å²) in [5.41, 5.74) is 4.82. The monoisotopic (exact) mass is 636 g/mol. The van der Waals surface area contributed by atoms with Gasteiger partial charge in [-0.15, -0.1) is 0 Å². The molecule has 1 aromatic heterocycles. The maximum absolute atomic E-state index is 6.24. The molecule has 0 radical (unpaired) electrons. The van der Waals surface area contributed by atoms with E-state index in [9.17, 15) is 0 Å². The maximum Gasteiger partial charge on any atom is 0.145 e. The standard InChI is InChI=1S/C37H38Cl2N6/c38-30-14-10-28(11-15-30)36(29-12-16-31(39)17-13-29)45-22-20-43(21-23-45)26-35-41-34-9-5-4-8-33(34)37(42-35)40-32-18-19-44(25-32)24-27-6-2-1-3-7-27/h1-17,32,36H,18-26H2,(H,40,41,42). The van der Waals surface area contributed by atoms with Gasteiger partial charge in [-0.1, -0.05) is 89.9 Å². The molecule has 0 amide bonds. The van der Waals surface area contributed by atoms with Crippen LogP contribution in [0.25, 0.3) is 10.9 Å². The molecule has 0 spiro atoms. The van der Waals surface area contributed by atoms with E-state index < -0.39 is 0 Å². The number of fused-ring (bicyclic) bond motifs is 1. The molecule has 0 saturated carbocycles. The highest BCUT2D eigenvalue weighted by molar-refractivity contribution is 6.30. The number of para-hydroxylation sites is 1. The van der Waals surface area contributed by atoms with Crippen molar-refractivity contribution in [2.45, 2.75) is 31.6 Å². The topological polar surface area (TPSA) is 47.5 Å². The van der Waals surface area contributed by atoms with Gasteiger partial charge < -0.3 is 5.32 Å². The van der Waals surface area contributed by atoms with Crippen molar-refractivity contribution >= 4 is 39.9 Å². The van der Waals surface area contributed by atoms with Crippen LogP contribution in [0.1, 0.15) is 35.0 Å². The first-order valence-electron chi connectivity index (χ1n) is 15.8. The third-order valence-corrected chi connectivity index (χ3v) is 9.52. The van der Waals surface area contributed by atoms with Gasteiger partial charge in [0, 0.05) is 67.3 Å². The zero-order chi connectivity index (χ0) is 30.6. The summed E-state index contributed by atoms with van der Waals surface area (Å²) in [5.74, 6) is 1.82. The Labute approximate surface area is 275 Å². The number of nitrogens with one attached hydrogen (secondary N) is 1. The van der Waals surface area contributed by atoms with Gasteiger partial charge in [-0.05, 0) is 59.5 Å². The number of anilines is 1. The predicted octanol–water partition coefficient (Wildman–Crippen LogP) is 7.53. The number of nitrogens with zero attached hydrogens (tertiary/aromatic N) is 5. The molecule has 45 heavy (non-hydrogen) atoms. The van der Waals surface area contributed by atoms with Crippen molar-refractivity contribution in [3.8, 4) is 0 Å². The second-order valence-corrected chi connectivity index (χ2v) is 13.0. The lowest BCUT2D eigenvalue weighted by Crippen LogP contribution is -2.47.